The zero-order valence-corrected chi connectivity index (χ0v) is 21.8. The third kappa shape index (κ3) is 5.28. The van der Waals surface area contributed by atoms with Gasteiger partial charge in [-0.1, -0.05) is 36.4 Å². The Labute approximate surface area is 225 Å². The van der Waals surface area contributed by atoms with Crippen LogP contribution in [0.2, 0.25) is 0 Å². The quantitative estimate of drug-likeness (QED) is 0.498. The lowest BCUT2D eigenvalue weighted by atomic mass is 9.74. The van der Waals surface area contributed by atoms with Gasteiger partial charge in [-0.3, -0.25) is 14.4 Å². The first-order chi connectivity index (χ1) is 18.6. The second kappa shape index (κ2) is 10.3. The second-order valence-corrected chi connectivity index (χ2v) is 11.3. The zero-order valence-electron chi connectivity index (χ0n) is 21.8. The van der Waals surface area contributed by atoms with Gasteiger partial charge in [0, 0.05) is 49.6 Å². The van der Waals surface area contributed by atoms with Gasteiger partial charge in [-0.15, -0.1) is 0 Å². The Morgan fingerprint density at radius 3 is 2.15 bits per heavy atom. The molecule has 2 aromatic rings. The van der Waals surface area contributed by atoms with Crippen LogP contribution in [-0.2, 0) is 19.8 Å². The molecular formula is C30H33F3N2O4. The van der Waals surface area contributed by atoms with Crippen molar-refractivity contribution in [3.05, 3.63) is 66.0 Å². The highest BCUT2D eigenvalue weighted by Crippen LogP contribution is 2.51. The highest BCUT2D eigenvalue weighted by molar-refractivity contribution is 5.97. The molecule has 0 spiro atoms. The molecule has 0 bridgehead atoms. The van der Waals surface area contributed by atoms with Crippen LogP contribution in [0.3, 0.4) is 0 Å². The van der Waals surface area contributed by atoms with E-state index in [2.05, 4.69) is 0 Å². The molecule has 0 aromatic heterocycles. The Balaban J connectivity index is 1.33. The number of carbonyl (C=O) groups excluding carboxylic acids is 2. The van der Waals surface area contributed by atoms with Crippen LogP contribution < -0.4 is 4.90 Å². The Morgan fingerprint density at radius 1 is 0.923 bits per heavy atom. The maximum atomic E-state index is 14.5. The molecule has 208 valence electrons. The second-order valence-electron chi connectivity index (χ2n) is 11.3. The predicted octanol–water partition coefficient (Wildman–Crippen LogP) is 5.55. The van der Waals surface area contributed by atoms with Crippen molar-refractivity contribution in [1.82, 2.24) is 4.90 Å². The molecule has 1 unspecified atom stereocenters. The summed E-state index contributed by atoms with van der Waals surface area (Å²) in [6, 6.07) is 14.1. The standard InChI is InChI=1S/C30H33F3N2O4/c31-24-11-5-4-10-23(24)29(13-14-29)26(37)34-17-15-28(16-18-34,27(38)39)20-25(36)35(21-7-2-1-3-8-21)22-9-6-12-30(32,33)19-22/h1-5,7-8,10-11,22H,6,9,12-20H2,(H,38,39). The van der Waals surface area contributed by atoms with E-state index in [9.17, 15) is 32.7 Å². The third-order valence-electron chi connectivity index (χ3n) is 8.78. The van der Waals surface area contributed by atoms with Gasteiger partial charge in [0.15, 0.2) is 0 Å². The minimum atomic E-state index is -2.89. The number of alkyl halides is 2. The lowest BCUT2D eigenvalue weighted by molar-refractivity contribution is -0.157. The number of rotatable bonds is 7. The number of piperidine rings is 1. The zero-order chi connectivity index (χ0) is 27.8. The van der Waals surface area contributed by atoms with Gasteiger partial charge in [-0.05, 0) is 56.7 Å². The molecule has 1 N–H and O–H groups in total. The summed E-state index contributed by atoms with van der Waals surface area (Å²) in [7, 11) is 0. The number of likely N-dealkylation sites (tertiary alicyclic amines) is 1. The van der Waals surface area contributed by atoms with E-state index in [-0.39, 0.29) is 51.1 Å². The maximum absolute atomic E-state index is 14.5. The van der Waals surface area contributed by atoms with E-state index in [1.54, 1.807) is 53.4 Å². The van der Waals surface area contributed by atoms with Crippen LogP contribution >= 0.6 is 0 Å². The first-order valence-corrected chi connectivity index (χ1v) is 13.6. The number of hydrogen-bond acceptors (Lipinski definition) is 3. The van der Waals surface area contributed by atoms with Gasteiger partial charge in [0.1, 0.15) is 5.82 Å². The molecule has 3 fully saturated rings. The topological polar surface area (TPSA) is 77.9 Å². The normalized spacial score (nSPS) is 23.1. The number of hydrogen-bond donors (Lipinski definition) is 1. The molecular weight excluding hydrogens is 509 g/mol. The van der Waals surface area contributed by atoms with Crippen molar-refractivity contribution in [1.29, 1.82) is 0 Å². The van der Waals surface area contributed by atoms with Gasteiger partial charge in [0.05, 0.1) is 10.8 Å². The van der Waals surface area contributed by atoms with E-state index in [0.29, 0.717) is 30.5 Å². The first-order valence-electron chi connectivity index (χ1n) is 13.6. The molecule has 1 atom stereocenters. The fourth-order valence-electron chi connectivity index (χ4n) is 6.37. The van der Waals surface area contributed by atoms with Gasteiger partial charge < -0.3 is 14.9 Å². The number of carbonyl (C=O) groups is 3. The SMILES string of the molecule is O=C(CC1(C(=O)O)CCN(C(=O)C2(c3ccccc3F)CC2)CC1)N(c1ccccc1)C1CCCC(F)(F)C1. The van der Waals surface area contributed by atoms with E-state index in [0.717, 1.165) is 0 Å². The minimum absolute atomic E-state index is 0.0522. The summed E-state index contributed by atoms with van der Waals surface area (Å²) >= 11 is 0. The molecule has 1 heterocycles. The van der Waals surface area contributed by atoms with Crippen molar-refractivity contribution in [3.8, 4) is 0 Å². The molecule has 39 heavy (non-hydrogen) atoms. The monoisotopic (exact) mass is 542 g/mol. The smallest absolute Gasteiger partial charge is 0.310 e. The summed E-state index contributed by atoms with van der Waals surface area (Å²) in [6.07, 6.45) is 0.822. The lowest BCUT2D eigenvalue weighted by Gasteiger charge is -2.42. The number of amides is 2. The van der Waals surface area contributed by atoms with Crippen LogP contribution in [0.1, 0.15) is 63.4 Å². The predicted molar refractivity (Wildman–Crippen MR) is 139 cm³/mol. The van der Waals surface area contributed by atoms with Gasteiger partial charge in [0.25, 0.3) is 0 Å². The molecule has 2 aromatic carbocycles. The number of benzene rings is 2. The van der Waals surface area contributed by atoms with Crippen molar-refractivity contribution in [3.63, 3.8) is 0 Å². The van der Waals surface area contributed by atoms with Crippen LogP contribution in [0, 0.1) is 11.2 Å². The summed E-state index contributed by atoms with van der Waals surface area (Å²) < 4.78 is 43.2. The van der Waals surface area contributed by atoms with Crippen molar-refractivity contribution in [2.45, 2.75) is 75.2 Å². The van der Waals surface area contributed by atoms with Gasteiger partial charge in [0.2, 0.25) is 17.7 Å². The molecule has 1 saturated heterocycles. The molecule has 9 heteroatoms. The highest BCUT2D eigenvalue weighted by atomic mass is 19.3. The Hall–Kier alpha value is -3.36. The molecule has 3 aliphatic rings. The number of para-hydroxylation sites is 1. The summed E-state index contributed by atoms with van der Waals surface area (Å²) in [5.74, 6) is -5.17. The molecule has 0 radical (unpaired) electrons. The molecule has 5 rings (SSSR count). The lowest BCUT2D eigenvalue weighted by Crippen LogP contribution is -2.52. The van der Waals surface area contributed by atoms with Crippen molar-refractivity contribution >= 4 is 23.5 Å². The van der Waals surface area contributed by atoms with E-state index >= 15 is 0 Å². The number of nitrogens with zero attached hydrogens (tertiary/aromatic N) is 2. The van der Waals surface area contributed by atoms with Crippen molar-refractivity contribution in [2.75, 3.05) is 18.0 Å². The fourth-order valence-corrected chi connectivity index (χ4v) is 6.37. The summed E-state index contributed by atoms with van der Waals surface area (Å²) in [5, 5.41) is 10.3. The largest absolute Gasteiger partial charge is 0.481 e. The van der Waals surface area contributed by atoms with Crippen LogP contribution in [0.5, 0.6) is 0 Å². The van der Waals surface area contributed by atoms with Crippen molar-refractivity contribution < 1.29 is 32.7 Å². The number of halogens is 3. The van der Waals surface area contributed by atoms with Gasteiger partial charge in [-0.25, -0.2) is 13.2 Å². The van der Waals surface area contributed by atoms with Crippen LogP contribution in [0.4, 0.5) is 18.9 Å². The van der Waals surface area contributed by atoms with E-state index in [1.807, 2.05) is 0 Å². The van der Waals surface area contributed by atoms with Crippen LogP contribution in [0.25, 0.3) is 0 Å². The summed E-state index contributed by atoms with van der Waals surface area (Å²) in [5.41, 5.74) is -1.50. The number of anilines is 1. The summed E-state index contributed by atoms with van der Waals surface area (Å²) in [4.78, 5) is 42.7. The number of carboxylic acid groups (broad SMARTS) is 1. The fraction of sp³-hybridized carbons (Fsp3) is 0.500. The first kappa shape index (κ1) is 27.2. The Kier molecular flexibility index (Phi) is 7.20. The van der Waals surface area contributed by atoms with Crippen molar-refractivity contribution in [2.24, 2.45) is 5.41 Å². The molecule has 6 nitrogen and oxygen atoms in total. The van der Waals surface area contributed by atoms with E-state index in [4.69, 9.17) is 0 Å². The van der Waals surface area contributed by atoms with Gasteiger partial charge >= 0.3 is 5.97 Å². The van der Waals surface area contributed by atoms with Crippen LogP contribution in [0.15, 0.2) is 54.6 Å². The average molecular weight is 543 g/mol. The maximum Gasteiger partial charge on any atom is 0.310 e. The minimum Gasteiger partial charge on any atom is -0.481 e. The van der Waals surface area contributed by atoms with E-state index < -0.39 is 46.9 Å². The van der Waals surface area contributed by atoms with E-state index in [1.165, 1.54) is 11.0 Å². The van der Waals surface area contributed by atoms with Gasteiger partial charge in [-0.2, -0.15) is 0 Å². The third-order valence-corrected chi connectivity index (χ3v) is 8.78. The number of aliphatic carboxylic acids is 1. The highest BCUT2D eigenvalue weighted by Gasteiger charge is 2.56. The molecule has 2 amide bonds. The molecule has 1 aliphatic heterocycles. The Morgan fingerprint density at radius 2 is 1.56 bits per heavy atom. The Bertz CT molecular complexity index is 1240. The molecule has 2 saturated carbocycles. The summed E-state index contributed by atoms with van der Waals surface area (Å²) in [6.45, 7) is 0.253. The average Bonchev–Trinajstić information content (AvgIpc) is 3.71. The number of carboxylic acids is 1. The molecule has 2 aliphatic carbocycles. The van der Waals surface area contributed by atoms with Crippen LogP contribution in [-0.4, -0.2) is 52.8 Å².